The van der Waals surface area contributed by atoms with E-state index in [1.54, 1.807) is 19.9 Å². The van der Waals surface area contributed by atoms with Crippen molar-refractivity contribution in [1.82, 2.24) is 0 Å². The van der Waals surface area contributed by atoms with E-state index in [0.29, 0.717) is 30.0 Å². The van der Waals surface area contributed by atoms with Gasteiger partial charge < -0.3 is 9.05 Å². The lowest BCUT2D eigenvalue weighted by Gasteiger charge is -2.16. The van der Waals surface area contributed by atoms with Crippen LogP contribution in [0.2, 0.25) is 0 Å². The second-order valence-corrected chi connectivity index (χ2v) is 6.55. The van der Waals surface area contributed by atoms with E-state index >= 15 is 0 Å². The predicted molar refractivity (Wildman–Crippen MR) is 56.6 cm³/mol. The standard InChI is InChI=1S/C8H15O4PS/c1-3-11-13(9,12-4-2)8-6-5-7-14(8)10/h6H,3-5,7H2,1-2H3. The van der Waals surface area contributed by atoms with E-state index in [2.05, 4.69) is 0 Å². The molecule has 0 aromatic rings. The minimum atomic E-state index is -3.26. The quantitative estimate of drug-likeness (QED) is 0.689. The topological polar surface area (TPSA) is 52.6 Å². The molecule has 14 heavy (non-hydrogen) atoms. The molecule has 1 aliphatic rings. The summed E-state index contributed by atoms with van der Waals surface area (Å²) in [5.41, 5.74) is 0. The molecule has 0 aromatic heterocycles. The molecule has 1 heterocycles. The molecule has 1 unspecified atom stereocenters. The fraction of sp³-hybridized carbons (Fsp3) is 0.750. The molecule has 0 aromatic carbocycles. The monoisotopic (exact) mass is 238 g/mol. The minimum absolute atomic E-state index is 0.297. The number of rotatable bonds is 5. The zero-order valence-corrected chi connectivity index (χ0v) is 10.1. The molecule has 0 fully saturated rings. The van der Waals surface area contributed by atoms with Gasteiger partial charge in [-0.1, -0.05) is 6.08 Å². The average molecular weight is 238 g/mol. The van der Waals surface area contributed by atoms with Crippen molar-refractivity contribution >= 4 is 18.4 Å². The summed E-state index contributed by atoms with van der Waals surface area (Å²) < 4.78 is 34.1. The molecule has 4 nitrogen and oxygen atoms in total. The lowest BCUT2D eigenvalue weighted by molar-refractivity contribution is 0.228. The highest BCUT2D eigenvalue weighted by Gasteiger charge is 2.35. The Morgan fingerprint density at radius 1 is 1.43 bits per heavy atom. The van der Waals surface area contributed by atoms with Crippen molar-refractivity contribution in [3.8, 4) is 0 Å². The predicted octanol–water partition coefficient (Wildman–Crippen LogP) is 2.25. The van der Waals surface area contributed by atoms with E-state index in [1.807, 2.05) is 0 Å². The van der Waals surface area contributed by atoms with Crippen molar-refractivity contribution in [3.63, 3.8) is 0 Å². The molecule has 0 N–H and O–H groups in total. The molecule has 0 saturated heterocycles. The molecular formula is C8H15O4PS. The summed E-state index contributed by atoms with van der Waals surface area (Å²) in [6.07, 6.45) is 2.40. The van der Waals surface area contributed by atoms with E-state index in [1.165, 1.54) is 0 Å². The highest BCUT2D eigenvalue weighted by atomic mass is 32.2. The van der Waals surface area contributed by atoms with E-state index in [9.17, 15) is 8.77 Å². The van der Waals surface area contributed by atoms with Gasteiger partial charge in [-0.15, -0.1) is 0 Å². The molecular weight excluding hydrogens is 223 g/mol. The molecule has 1 rings (SSSR count). The number of hydrogen-bond acceptors (Lipinski definition) is 4. The van der Waals surface area contributed by atoms with E-state index < -0.39 is 18.4 Å². The van der Waals surface area contributed by atoms with Crippen LogP contribution < -0.4 is 0 Å². The van der Waals surface area contributed by atoms with Crippen molar-refractivity contribution in [3.05, 3.63) is 10.7 Å². The Hall–Kier alpha value is 0.0400. The van der Waals surface area contributed by atoms with Crippen molar-refractivity contribution in [2.45, 2.75) is 20.3 Å². The Labute approximate surface area is 86.7 Å². The van der Waals surface area contributed by atoms with Gasteiger partial charge in [0.25, 0.3) is 0 Å². The van der Waals surface area contributed by atoms with Gasteiger partial charge in [-0.05, 0) is 20.3 Å². The highest BCUT2D eigenvalue weighted by Crippen LogP contribution is 2.58. The van der Waals surface area contributed by atoms with Crippen LogP contribution in [0.15, 0.2) is 10.7 Å². The fourth-order valence-corrected chi connectivity index (χ4v) is 5.02. The van der Waals surface area contributed by atoms with Crippen LogP contribution in [0.4, 0.5) is 0 Å². The summed E-state index contributed by atoms with van der Waals surface area (Å²) in [4.78, 5) is 0. The van der Waals surface area contributed by atoms with Gasteiger partial charge in [-0.25, -0.2) is 0 Å². The van der Waals surface area contributed by atoms with Crippen molar-refractivity contribution in [2.75, 3.05) is 19.0 Å². The molecule has 0 bridgehead atoms. The first-order valence-corrected chi connectivity index (χ1v) is 7.48. The first kappa shape index (κ1) is 12.1. The Morgan fingerprint density at radius 2 is 2.00 bits per heavy atom. The summed E-state index contributed by atoms with van der Waals surface area (Å²) in [6.45, 7) is 4.08. The number of hydrogen-bond donors (Lipinski definition) is 0. The SMILES string of the molecule is CCOP(=O)(OCC)C1=CCCS1=O. The van der Waals surface area contributed by atoms with E-state index in [-0.39, 0.29) is 0 Å². The number of allylic oxidation sites excluding steroid dienone is 1. The van der Waals surface area contributed by atoms with E-state index in [4.69, 9.17) is 9.05 Å². The zero-order valence-electron chi connectivity index (χ0n) is 8.39. The summed E-state index contributed by atoms with van der Waals surface area (Å²) in [5.74, 6) is 0.527. The third-order valence-corrected chi connectivity index (χ3v) is 6.16. The zero-order chi connectivity index (χ0) is 10.6. The summed E-state index contributed by atoms with van der Waals surface area (Å²) >= 11 is 0. The molecule has 0 aliphatic carbocycles. The summed E-state index contributed by atoms with van der Waals surface area (Å²) in [6, 6.07) is 0. The maximum Gasteiger partial charge on any atom is 0.369 e. The lowest BCUT2D eigenvalue weighted by atomic mass is 10.5. The average Bonchev–Trinajstić information content (AvgIpc) is 2.52. The van der Waals surface area contributed by atoms with Crippen LogP contribution in [0.3, 0.4) is 0 Å². The second-order valence-electron chi connectivity index (χ2n) is 2.71. The second kappa shape index (κ2) is 5.21. The molecule has 0 spiro atoms. The van der Waals surface area contributed by atoms with E-state index in [0.717, 1.165) is 0 Å². The normalized spacial score (nSPS) is 22.4. The first-order valence-electron chi connectivity index (χ1n) is 4.62. The van der Waals surface area contributed by atoms with Crippen LogP contribution >= 0.6 is 7.60 Å². The van der Waals surface area contributed by atoms with Crippen LogP contribution in [-0.2, 0) is 24.4 Å². The summed E-state index contributed by atoms with van der Waals surface area (Å²) in [7, 11) is -4.45. The Balaban J connectivity index is 2.87. The van der Waals surface area contributed by atoms with Crippen LogP contribution in [0.1, 0.15) is 20.3 Å². The maximum absolute atomic E-state index is 12.1. The smallest absolute Gasteiger partial charge is 0.305 e. The molecule has 1 atom stereocenters. The molecule has 0 radical (unpaired) electrons. The highest BCUT2D eigenvalue weighted by molar-refractivity contribution is 7.98. The first-order chi connectivity index (χ1) is 6.64. The molecule has 0 amide bonds. The third kappa shape index (κ3) is 2.54. The Bertz CT molecular complexity index is 290. The molecule has 82 valence electrons. The van der Waals surface area contributed by atoms with Gasteiger partial charge >= 0.3 is 7.60 Å². The summed E-state index contributed by atoms with van der Waals surface area (Å²) in [5, 5.41) is 0. The third-order valence-electron chi connectivity index (χ3n) is 1.72. The van der Waals surface area contributed by atoms with Crippen molar-refractivity contribution in [1.29, 1.82) is 0 Å². The maximum atomic E-state index is 12.1. The van der Waals surface area contributed by atoms with Crippen LogP contribution in [0.25, 0.3) is 0 Å². The van der Waals surface area contributed by atoms with Gasteiger partial charge in [-0.2, -0.15) is 0 Å². The van der Waals surface area contributed by atoms with Crippen LogP contribution in [0, 0.1) is 0 Å². The van der Waals surface area contributed by atoms with Gasteiger partial charge in [0.1, 0.15) is 4.65 Å². The molecule has 6 heteroatoms. The van der Waals surface area contributed by atoms with Crippen molar-refractivity contribution in [2.24, 2.45) is 0 Å². The van der Waals surface area contributed by atoms with Crippen molar-refractivity contribution < 1.29 is 17.8 Å². The van der Waals surface area contributed by atoms with Gasteiger partial charge in [0.2, 0.25) is 0 Å². The minimum Gasteiger partial charge on any atom is -0.305 e. The van der Waals surface area contributed by atoms with Gasteiger partial charge in [0.05, 0.1) is 24.0 Å². The largest absolute Gasteiger partial charge is 0.369 e. The van der Waals surface area contributed by atoms with Gasteiger partial charge in [-0.3, -0.25) is 8.77 Å². The Morgan fingerprint density at radius 3 is 2.36 bits per heavy atom. The van der Waals surface area contributed by atoms with Gasteiger partial charge in [0.15, 0.2) is 0 Å². The lowest BCUT2D eigenvalue weighted by Crippen LogP contribution is -2.01. The molecule has 0 saturated carbocycles. The molecule has 1 aliphatic heterocycles. The fourth-order valence-electron chi connectivity index (χ4n) is 1.23. The Kier molecular flexibility index (Phi) is 4.51. The van der Waals surface area contributed by atoms with Crippen LogP contribution in [-0.4, -0.2) is 23.2 Å². The van der Waals surface area contributed by atoms with Gasteiger partial charge in [0, 0.05) is 5.75 Å². The van der Waals surface area contributed by atoms with Crippen LogP contribution in [0.5, 0.6) is 0 Å².